The Bertz CT molecular complexity index is 1180. The summed E-state index contributed by atoms with van der Waals surface area (Å²) in [5, 5.41) is 1.74. The molecule has 0 bridgehead atoms. The number of rotatable bonds is 7. The Morgan fingerprint density at radius 3 is 2.57 bits per heavy atom. The van der Waals surface area contributed by atoms with Gasteiger partial charge in [-0.2, -0.15) is 0 Å². The Morgan fingerprint density at radius 1 is 1.07 bits per heavy atom. The number of nitrogens with zero attached hydrogens (tertiary/aromatic N) is 3. The fraction of sp³-hybridized carbons (Fsp3) is 0.200. The number of benzene rings is 1. The molecule has 4 rings (SSSR count). The molecule has 4 aromatic rings. The van der Waals surface area contributed by atoms with E-state index in [1.165, 1.54) is 16.9 Å². The molecule has 0 saturated carbocycles. The predicted octanol–water partition coefficient (Wildman–Crippen LogP) is 3.58. The van der Waals surface area contributed by atoms with Crippen molar-refractivity contribution in [3.05, 3.63) is 77.1 Å². The highest BCUT2D eigenvalue weighted by atomic mass is 32.2. The summed E-state index contributed by atoms with van der Waals surface area (Å²) in [6, 6.07) is 15.4. The lowest BCUT2D eigenvalue weighted by molar-refractivity contribution is 0.578. The molecule has 0 aliphatic carbocycles. The summed E-state index contributed by atoms with van der Waals surface area (Å²) in [7, 11) is -3.56. The van der Waals surface area contributed by atoms with Gasteiger partial charge in [0.05, 0.1) is 13.1 Å². The molecule has 3 aromatic heterocycles. The van der Waals surface area contributed by atoms with E-state index in [1.54, 1.807) is 23.7 Å². The molecule has 0 amide bonds. The van der Waals surface area contributed by atoms with Crippen LogP contribution in [0.2, 0.25) is 0 Å². The van der Waals surface area contributed by atoms with Crippen molar-refractivity contribution in [1.29, 1.82) is 0 Å². The van der Waals surface area contributed by atoms with Crippen LogP contribution >= 0.6 is 11.3 Å². The molecule has 0 atom stereocenters. The summed E-state index contributed by atoms with van der Waals surface area (Å²) in [4.78, 5) is 9.06. The van der Waals surface area contributed by atoms with Gasteiger partial charge in [0.2, 0.25) is 10.0 Å². The van der Waals surface area contributed by atoms with E-state index in [9.17, 15) is 8.42 Å². The first-order valence-electron chi connectivity index (χ1n) is 8.98. The average molecular weight is 413 g/mol. The van der Waals surface area contributed by atoms with Crippen LogP contribution in [-0.2, 0) is 29.5 Å². The van der Waals surface area contributed by atoms with Crippen LogP contribution in [0.4, 0.5) is 0 Å². The Balaban J connectivity index is 1.65. The fourth-order valence-electron chi connectivity index (χ4n) is 3.02. The highest BCUT2D eigenvalue weighted by Gasteiger charge is 2.18. The van der Waals surface area contributed by atoms with Crippen molar-refractivity contribution in [3.8, 4) is 0 Å². The molecule has 0 aliphatic rings. The minimum atomic E-state index is -3.56. The third-order valence-corrected chi connectivity index (χ3v) is 7.33. The van der Waals surface area contributed by atoms with Gasteiger partial charge in [0, 0.05) is 6.20 Å². The van der Waals surface area contributed by atoms with Crippen LogP contribution in [-0.4, -0.2) is 23.0 Å². The number of thiophene rings is 1. The van der Waals surface area contributed by atoms with Crippen molar-refractivity contribution in [2.75, 3.05) is 0 Å². The number of pyridine rings is 1. The normalized spacial score (nSPS) is 11.9. The van der Waals surface area contributed by atoms with E-state index in [4.69, 9.17) is 0 Å². The lowest BCUT2D eigenvalue weighted by Gasteiger charge is -2.10. The van der Waals surface area contributed by atoms with Crippen molar-refractivity contribution in [2.24, 2.45) is 0 Å². The smallest absolute Gasteiger partial charge is 0.250 e. The zero-order valence-electron chi connectivity index (χ0n) is 15.4. The van der Waals surface area contributed by atoms with Crippen molar-refractivity contribution in [3.63, 3.8) is 0 Å². The maximum atomic E-state index is 12.5. The first-order valence-corrected chi connectivity index (χ1v) is 11.3. The van der Waals surface area contributed by atoms with Crippen LogP contribution < -0.4 is 4.72 Å². The van der Waals surface area contributed by atoms with Crippen LogP contribution in [0.3, 0.4) is 0 Å². The molecule has 0 spiro atoms. The Kier molecular flexibility index (Phi) is 5.25. The SMILES string of the molecule is CCc1ccc(Cn2c(CNS(=O)(=O)c3cccs3)nc3cccnc32)cc1. The number of fused-ring (bicyclic) bond motifs is 1. The maximum absolute atomic E-state index is 12.5. The molecular formula is C20H20N4O2S2. The zero-order valence-corrected chi connectivity index (χ0v) is 17.0. The lowest BCUT2D eigenvalue weighted by atomic mass is 10.1. The number of aryl methyl sites for hydroxylation is 1. The summed E-state index contributed by atoms with van der Waals surface area (Å²) < 4.78 is 29.9. The fourth-order valence-corrected chi connectivity index (χ4v) is 5.03. The third-order valence-electron chi connectivity index (χ3n) is 4.53. The molecule has 0 saturated heterocycles. The first kappa shape index (κ1) is 18.8. The van der Waals surface area contributed by atoms with Gasteiger partial charge in [-0.05, 0) is 41.1 Å². The Labute approximate surface area is 167 Å². The summed E-state index contributed by atoms with van der Waals surface area (Å²) in [6.45, 7) is 2.80. The molecule has 28 heavy (non-hydrogen) atoms. The van der Waals surface area contributed by atoms with Crippen molar-refractivity contribution in [1.82, 2.24) is 19.3 Å². The van der Waals surface area contributed by atoms with Crippen LogP contribution in [0.1, 0.15) is 23.9 Å². The van der Waals surface area contributed by atoms with Gasteiger partial charge in [0.15, 0.2) is 5.65 Å². The summed E-state index contributed by atoms with van der Waals surface area (Å²) in [6.07, 6.45) is 2.71. The van der Waals surface area contributed by atoms with E-state index in [2.05, 4.69) is 45.9 Å². The van der Waals surface area contributed by atoms with Gasteiger partial charge in [-0.1, -0.05) is 37.3 Å². The minimum Gasteiger partial charge on any atom is -0.307 e. The van der Waals surface area contributed by atoms with Crippen LogP contribution in [0.25, 0.3) is 11.2 Å². The molecule has 0 unspecified atom stereocenters. The van der Waals surface area contributed by atoms with E-state index >= 15 is 0 Å². The molecule has 1 N–H and O–H groups in total. The quantitative estimate of drug-likeness (QED) is 0.503. The lowest BCUT2D eigenvalue weighted by Crippen LogP contribution is -2.24. The molecule has 0 fully saturated rings. The number of hydrogen-bond acceptors (Lipinski definition) is 5. The number of imidazole rings is 1. The standard InChI is InChI=1S/C20H20N4O2S2/c1-2-15-7-9-16(10-8-15)14-24-18(23-17-5-3-11-21-20(17)24)13-22-28(25,26)19-6-4-12-27-19/h3-12,22H,2,13-14H2,1H3. The van der Waals surface area contributed by atoms with Gasteiger partial charge in [-0.25, -0.2) is 23.1 Å². The van der Waals surface area contributed by atoms with Gasteiger partial charge in [0.25, 0.3) is 0 Å². The monoisotopic (exact) mass is 412 g/mol. The third kappa shape index (κ3) is 3.84. The van der Waals surface area contributed by atoms with E-state index in [-0.39, 0.29) is 6.54 Å². The molecular weight excluding hydrogens is 392 g/mol. The van der Waals surface area contributed by atoms with Gasteiger partial charge in [-0.3, -0.25) is 0 Å². The van der Waals surface area contributed by atoms with Crippen LogP contribution in [0.15, 0.2) is 64.3 Å². The van der Waals surface area contributed by atoms with Crippen molar-refractivity contribution >= 4 is 32.5 Å². The van der Waals surface area contributed by atoms with Crippen molar-refractivity contribution < 1.29 is 8.42 Å². The largest absolute Gasteiger partial charge is 0.307 e. The molecule has 144 valence electrons. The predicted molar refractivity (Wildman–Crippen MR) is 111 cm³/mol. The zero-order chi connectivity index (χ0) is 19.6. The number of aromatic nitrogens is 3. The highest BCUT2D eigenvalue weighted by molar-refractivity contribution is 7.91. The Morgan fingerprint density at radius 2 is 1.86 bits per heavy atom. The summed E-state index contributed by atoms with van der Waals surface area (Å²) in [5.41, 5.74) is 3.89. The van der Waals surface area contributed by atoms with Gasteiger partial charge in [-0.15, -0.1) is 11.3 Å². The summed E-state index contributed by atoms with van der Waals surface area (Å²) in [5.74, 6) is 0.633. The van der Waals surface area contributed by atoms with Gasteiger partial charge in [0.1, 0.15) is 15.6 Å². The number of hydrogen-bond donors (Lipinski definition) is 1. The molecule has 0 radical (unpaired) electrons. The molecule has 6 nitrogen and oxygen atoms in total. The van der Waals surface area contributed by atoms with E-state index < -0.39 is 10.0 Å². The first-order chi connectivity index (χ1) is 13.6. The van der Waals surface area contributed by atoms with E-state index in [0.29, 0.717) is 16.6 Å². The maximum Gasteiger partial charge on any atom is 0.250 e. The second-order valence-corrected chi connectivity index (χ2v) is 9.33. The average Bonchev–Trinajstić information content (AvgIpc) is 3.36. The van der Waals surface area contributed by atoms with Crippen molar-refractivity contribution in [2.45, 2.75) is 30.6 Å². The van der Waals surface area contributed by atoms with Gasteiger partial charge < -0.3 is 4.57 Å². The minimum absolute atomic E-state index is 0.101. The highest BCUT2D eigenvalue weighted by Crippen LogP contribution is 2.19. The number of nitrogens with one attached hydrogen (secondary N) is 1. The second kappa shape index (κ2) is 7.83. The molecule has 0 aliphatic heterocycles. The summed E-state index contributed by atoms with van der Waals surface area (Å²) >= 11 is 1.19. The van der Waals surface area contributed by atoms with E-state index in [1.807, 2.05) is 16.7 Å². The Hall–Kier alpha value is -2.55. The topological polar surface area (TPSA) is 76.9 Å². The number of sulfonamides is 1. The second-order valence-electron chi connectivity index (χ2n) is 6.39. The van der Waals surface area contributed by atoms with Gasteiger partial charge >= 0.3 is 0 Å². The molecule has 3 heterocycles. The van der Waals surface area contributed by atoms with Crippen LogP contribution in [0.5, 0.6) is 0 Å². The molecule has 8 heteroatoms. The van der Waals surface area contributed by atoms with E-state index in [0.717, 1.165) is 23.1 Å². The molecule has 1 aromatic carbocycles. The van der Waals surface area contributed by atoms with Crippen LogP contribution in [0, 0.1) is 0 Å².